The van der Waals surface area contributed by atoms with Gasteiger partial charge in [-0.1, -0.05) is 6.07 Å². The highest BCUT2D eigenvalue weighted by molar-refractivity contribution is 5.83. The Morgan fingerprint density at radius 3 is 2.59 bits per heavy atom. The smallest absolute Gasteiger partial charge is 0.244 e. The van der Waals surface area contributed by atoms with Gasteiger partial charge in [0.2, 0.25) is 5.91 Å². The number of aromatic nitrogens is 3. The van der Waals surface area contributed by atoms with Crippen LogP contribution in [0.2, 0.25) is 0 Å². The van der Waals surface area contributed by atoms with Gasteiger partial charge in [0.05, 0.1) is 0 Å². The quantitative estimate of drug-likeness (QED) is 0.788. The Morgan fingerprint density at radius 2 is 1.93 bits per heavy atom. The van der Waals surface area contributed by atoms with E-state index in [1.807, 2.05) is 41.5 Å². The van der Waals surface area contributed by atoms with Crippen molar-refractivity contribution in [1.82, 2.24) is 24.6 Å². The molecule has 2 aromatic rings. The summed E-state index contributed by atoms with van der Waals surface area (Å²) in [4.78, 5) is 22.1. The second kappa shape index (κ2) is 8.65. The number of piperidine rings is 1. The van der Waals surface area contributed by atoms with Crippen LogP contribution in [-0.2, 0) is 11.3 Å². The normalized spacial score (nSPS) is 20.1. The summed E-state index contributed by atoms with van der Waals surface area (Å²) >= 11 is 0. The highest BCUT2D eigenvalue weighted by Crippen LogP contribution is 2.29. The van der Waals surface area contributed by atoms with E-state index in [1.165, 1.54) is 12.8 Å². The number of hydrogen-bond acceptors (Lipinski definition) is 4. The van der Waals surface area contributed by atoms with Gasteiger partial charge < -0.3 is 4.90 Å². The average molecular weight is 367 g/mol. The molecule has 2 fully saturated rings. The summed E-state index contributed by atoms with van der Waals surface area (Å²) in [6, 6.07) is 5.79. The maximum Gasteiger partial charge on any atom is 0.244 e. The third-order valence-corrected chi connectivity index (χ3v) is 5.99. The van der Waals surface area contributed by atoms with Gasteiger partial charge in [-0.25, -0.2) is 0 Å². The van der Waals surface area contributed by atoms with Gasteiger partial charge in [-0.3, -0.25) is 19.4 Å². The van der Waals surface area contributed by atoms with E-state index in [9.17, 15) is 4.79 Å². The summed E-state index contributed by atoms with van der Waals surface area (Å²) in [5.74, 6) is 0.942. The zero-order valence-electron chi connectivity index (χ0n) is 15.9. The molecule has 0 spiro atoms. The summed E-state index contributed by atoms with van der Waals surface area (Å²) < 4.78 is 2.00. The molecule has 0 N–H and O–H groups in total. The Morgan fingerprint density at radius 1 is 1.11 bits per heavy atom. The molecule has 0 saturated carbocycles. The van der Waals surface area contributed by atoms with Crippen molar-refractivity contribution in [3.63, 3.8) is 0 Å². The van der Waals surface area contributed by atoms with Gasteiger partial charge >= 0.3 is 0 Å². The van der Waals surface area contributed by atoms with E-state index in [2.05, 4.69) is 19.9 Å². The molecule has 0 aromatic carbocycles. The summed E-state index contributed by atoms with van der Waals surface area (Å²) in [6.45, 7) is 4.72. The number of likely N-dealkylation sites (tertiary alicyclic amines) is 2. The number of pyridine rings is 1. The van der Waals surface area contributed by atoms with Gasteiger partial charge in [-0.15, -0.1) is 0 Å². The molecular formula is C21H29N5O. The molecule has 4 heterocycles. The van der Waals surface area contributed by atoms with Gasteiger partial charge in [-0.05, 0) is 68.8 Å². The van der Waals surface area contributed by atoms with E-state index in [0.29, 0.717) is 5.92 Å². The molecule has 6 nitrogen and oxygen atoms in total. The molecule has 0 unspecified atom stereocenters. The summed E-state index contributed by atoms with van der Waals surface area (Å²) in [5.41, 5.74) is 1.03. The topological polar surface area (TPSA) is 54.3 Å². The van der Waals surface area contributed by atoms with E-state index in [1.54, 1.807) is 6.20 Å². The highest BCUT2D eigenvalue weighted by Gasteiger charge is 2.34. The van der Waals surface area contributed by atoms with E-state index < -0.39 is 0 Å². The van der Waals surface area contributed by atoms with Crippen molar-refractivity contribution in [2.75, 3.05) is 26.2 Å². The lowest BCUT2D eigenvalue weighted by molar-refractivity contribution is -0.138. The summed E-state index contributed by atoms with van der Waals surface area (Å²) in [5, 5.41) is 4.29. The second-order valence-electron chi connectivity index (χ2n) is 7.76. The van der Waals surface area contributed by atoms with Crippen LogP contribution >= 0.6 is 0 Å². The van der Waals surface area contributed by atoms with Gasteiger partial charge in [0.25, 0.3) is 0 Å². The Bertz CT molecular complexity index is 703. The van der Waals surface area contributed by atoms with E-state index in [4.69, 9.17) is 0 Å². The number of carbonyl (C=O) groups is 1. The van der Waals surface area contributed by atoms with Crippen molar-refractivity contribution in [2.45, 2.75) is 44.7 Å². The molecule has 2 aromatic heterocycles. The SMILES string of the molecule is O=C([C@H](c1cccnc1)N1CCCC1)N1CCC(CCn2cccn2)CC1. The number of aryl methyl sites for hydroxylation is 1. The zero-order chi connectivity index (χ0) is 18.5. The highest BCUT2D eigenvalue weighted by atomic mass is 16.2. The maximum atomic E-state index is 13.4. The van der Waals surface area contributed by atoms with E-state index in [0.717, 1.165) is 57.5 Å². The predicted octanol–water partition coefficient (Wildman–Crippen LogP) is 2.74. The van der Waals surface area contributed by atoms with Crippen LogP contribution < -0.4 is 0 Å². The van der Waals surface area contributed by atoms with Crippen molar-refractivity contribution in [3.8, 4) is 0 Å². The van der Waals surface area contributed by atoms with Gasteiger partial charge in [-0.2, -0.15) is 5.10 Å². The van der Waals surface area contributed by atoms with Crippen LogP contribution in [0.5, 0.6) is 0 Å². The first kappa shape index (κ1) is 18.2. The Kier molecular flexibility index (Phi) is 5.82. The van der Waals surface area contributed by atoms with Crippen LogP contribution in [0.4, 0.5) is 0 Å². The van der Waals surface area contributed by atoms with Crippen LogP contribution in [0.1, 0.15) is 43.7 Å². The molecule has 0 bridgehead atoms. The summed E-state index contributed by atoms with van der Waals surface area (Å²) in [6.07, 6.45) is 13.2. The van der Waals surface area contributed by atoms with E-state index in [-0.39, 0.29) is 11.9 Å². The van der Waals surface area contributed by atoms with Crippen LogP contribution in [0.25, 0.3) is 0 Å². The Balaban J connectivity index is 1.36. The molecule has 2 aliphatic rings. The standard InChI is InChI=1S/C21H29N5O/c27-21(20(24-11-1-2-12-24)19-5-3-9-22-17-19)25-14-6-18(7-15-25)8-16-26-13-4-10-23-26/h3-5,9-10,13,17-18,20H,1-2,6-8,11-12,14-16H2/t20-/m0/s1. The first-order chi connectivity index (χ1) is 13.3. The average Bonchev–Trinajstić information content (AvgIpc) is 3.42. The lowest BCUT2D eigenvalue weighted by Gasteiger charge is -2.36. The number of hydrogen-bond donors (Lipinski definition) is 0. The lowest BCUT2D eigenvalue weighted by atomic mass is 9.92. The molecule has 6 heteroatoms. The largest absolute Gasteiger partial charge is 0.341 e. The molecule has 2 aliphatic heterocycles. The predicted molar refractivity (Wildman–Crippen MR) is 104 cm³/mol. The molecule has 27 heavy (non-hydrogen) atoms. The Labute approximate surface area is 161 Å². The molecule has 4 rings (SSSR count). The minimum atomic E-state index is -0.165. The molecule has 1 amide bonds. The second-order valence-corrected chi connectivity index (χ2v) is 7.76. The van der Waals surface area contributed by atoms with Crippen molar-refractivity contribution >= 4 is 5.91 Å². The van der Waals surface area contributed by atoms with Crippen LogP contribution in [-0.4, -0.2) is 56.7 Å². The number of nitrogens with zero attached hydrogens (tertiary/aromatic N) is 5. The number of carbonyl (C=O) groups excluding carboxylic acids is 1. The first-order valence-corrected chi connectivity index (χ1v) is 10.2. The first-order valence-electron chi connectivity index (χ1n) is 10.2. The minimum Gasteiger partial charge on any atom is -0.341 e. The molecular weight excluding hydrogens is 338 g/mol. The van der Waals surface area contributed by atoms with Crippen LogP contribution in [0.15, 0.2) is 43.0 Å². The fourth-order valence-corrected chi connectivity index (χ4v) is 4.41. The minimum absolute atomic E-state index is 0.165. The number of rotatable bonds is 6. The van der Waals surface area contributed by atoms with E-state index >= 15 is 0 Å². The van der Waals surface area contributed by atoms with Crippen molar-refractivity contribution < 1.29 is 4.79 Å². The fourth-order valence-electron chi connectivity index (χ4n) is 4.41. The van der Waals surface area contributed by atoms with Crippen molar-refractivity contribution in [2.24, 2.45) is 5.92 Å². The van der Waals surface area contributed by atoms with Gasteiger partial charge in [0, 0.05) is 44.4 Å². The van der Waals surface area contributed by atoms with Crippen molar-refractivity contribution in [1.29, 1.82) is 0 Å². The summed E-state index contributed by atoms with van der Waals surface area (Å²) in [7, 11) is 0. The fraction of sp³-hybridized carbons (Fsp3) is 0.571. The maximum absolute atomic E-state index is 13.4. The third kappa shape index (κ3) is 4.38. The van der Waals surface area contributed by atoms with Crippen LogP contribution in [0.3, 0.4) is 0 Å². The molecule has 1 atom stereocenters. The zero-order valence-corrected chi connectivity index (χ0v) is 15.9. The molecule has 0 radical (unpaired) electrons. The molecule has 144 valence electrons. The molecule has 2 saturated heterocycles. The van der Waals surface area contributed by atoms with Crippen molar-refractivity contribution in [3.05, 3.63) is 48.5 Å². The number of amides is 1. The monoisotopic (exact) mass is 367 g/mol. The lowest BCUT2D eigenvalue weighted by Crippen LogP contribution is -2.45. The molecule has 0 aliphatic carbocycles. The Hall–Kier alpha value is -2.21. The van der Waals surface area contributed by atoms with Gasteiger partial charge in [0.1, 0.15) is 6.04 Å². The third-order valence-electron chi connectivity index (χ3n) is 5.99. The van der Waals surface area contributed by atoms with Crippen LogP contribution in [0, 0.1) is 5.92 Å². The van der Waals surface area contributed by atoms with Gasteiger partial charge in [0.15, 0.2) is 0 Å².